The van der Waals surface area contributed by atoms with Crippen molar-refractivity contribution in [2.24, 2.45) is 0 Å². The lowest BCUT2D eigenvalue weighted by atomic mass is 10.0. The van der Waals surface area contributed by atoms with Crippen LogP contribution in [0.5, 0.6) is 0 Å². The number of amides is 1. The number of pyridine rings is 1. The predicted molar refractivity (Wildman–Crippen MR) is 93.5 cm³/mol. The van der Waals surface area contributed by atoms with E-state index in [0.29, 0.717) is 13.0 Å². The predicted octanol–water partition coefficient (Wildman–Crippen LogP) is 3.84. The summed E-state index contributed by atoms with van der Waals surface area (Å²) in [5, 5.41) is 6.20. The highest BCUT2D eigenvalue weighted by molar-refractivity contribution is 6.08. The quantitative estimate of drug-likeness (QED) is 0.622. The zero-order valence-corrected chi connectivity index (χ0v) is 13.0. The third-order valence-corrected chi connectivity index (χ3v) is 4.10. The Morgan fingerprint density at radius 1 is 1.08 bits per heavy atom. The lowest BCUT2D eigenvalue weighted by Crippen LogP contribution is -2.24. The van der Waals surface area contributed by atoms with Crippen LogP contribution in [0.15, 0.2) is 71.6 Å². The van der Waals surface area contributed by atoms with Crippen LogP contribution in [0, 0.1) is 0 Å². The zero-order chi connectivity index (χ0) is 16.4. The van der Waals surface area contributed by atoms with Gasteiger partial charge in [-0.3, -0.25) is 9.78 Å². The van der Waals surface area contributed by atoms with Crippen LogP contribution in [0.4, 0.5) is 0 Å². The van der Waals surface area contributed by atoms with Gasteiger partial charge >= 0.3 is 0 Å². The normalized spacial score (nSPS) is 11.0. The number of fused-ring (bicyclic) bond motifs is 3. The summed E-state index contributed by atoms with van der Waals surface area (Å²) in [6.45, 7) is 0.475. The Kier molecular flexibility index (Phi) is 3.71. The Bertz CT molecular complexity index is 1010. The Balaban J connectivity index is 1.58. The zero-order valence-electron chi connectivity index (χ0n) is 13.0. The van der Waals surface area contributed by atoms with Gasteiger partial charge in [0, 0.05) is 29.9 Å². The Morgan fingerprint density at radius 2 is 2.00 bits per heavy atom. The van der Waals surface area contributed by atoms with Gasteiger partial charge in [-0.2, -0.15) is 0 Å². The van der Waals surface area contributed by atoms with Gasteiger partial charge in [0.1, 0.15) is 5.58 Å². The molecular weight excluding hydrogens is 300 g/mol. The van der Waals surface area contributed by atoms with Crippen LogP contribution in [0.2, 0.25) is 0 Å². The van der Waals surface area contributed by atoms with Gasteiger partial charge in [-0.25, -0.2) is 0 Å². The molecule has 0 aliphatic carbocycles. The van der Waals surface area contributed by atoms with Crippen molar-refractivity contribution in [2.45, 2.75) is 13.0 Å². The number of nitrogens with zero attached hydrogens (tertiary/aromatic N) is 1. The van der Waals surface area contributed by atoms with E-state index >= 15 is 0 Å². The molecule has 0 fully saturated rings. The molecule has 0 saturated heterocycles. The van der Waals surface area contributed by atoms with Crippen LogP contribution in [-0.2, 0) is 17.8 Å². The molecule has 0 atom stereocenters. The van der Waals surface area contributed by atoms with E-state index in [4.69, 9.17) is 4.42 Å². The lowest BCUT2D eigenvalue weighted by molar-refractivity contribution is -0.120. The van der Waals surface area contributed by atoms with Crippen molar-refractivity contribution in [1.29, 1.82) is 0 Å². The van der Waals surface area contributed by atoms with E-state index in [2.05, 4.69) is 22.4 Å². The molecule has 2 heterocycles. The number of aromatic nitrogens is 1. The van der Waals surface area contributed by atoms with Crippen molar-refractivity contribution in [1.82, 2.24) is 10.3 Å². The second kappa shape index (κ2) is 6.16. The van der Waals surface area contributed by atoms with Gasteiger partial charge in [0.2, 0.25) is 5.91 Å². The fourth-order valence-electron chi connectivity index (χ4n) is 2.94. The van der Waals surface area contributed by atoms with E-state index in [0.717, 1.165) is 32.9 Å². The van der Waals surface area contributed by atoms with E-state index < -0.39 is 0 Å². The van der Waals surface area contributed by atoms with Crippen molar-refractivity contribution in [3.05, 3.63) is 78.3 Å². The first-order valence-electron chi connectivity index (χ1n) is 7.85. The monoisotopic (exact) mass is 316 g/mol. The molecule has 0 radical (unpaired) electrons. The summed E-state index contributed by atoms with van der Waals surface area (Å²) in [6, 6.07) is 15.9. The molecule has 1 amide bonds. The number of hydrogen-bond donors (Lipinski definition) is 1. The first-order valence-corrected chi connectivity index (χ1v) is 7.85. The summed E-state index contributed by atoms with van der Waals surface area (Å²) in [5.41, 5.74) is 2.70. The molecule has 4 heteroatoms. The minimum Gasteiger partial charge on any atom is -0.464 e. The number of furan rings is 1. The summed E-state index contributed by atoms with van der Waals surface area (Å²) < 4.78 is 5.63. The van der Waals surface area contributed by atoms with Crippen molar-refractivity contribution in [2.75, 3.05) is 0 Å². The third kappa shape index (κ3) is 2.74. The van der Waals surface area contributed by atoms with Crippen molar-refractivity contribution in [3.8, 4) is 0 Å². The standard InChI is InChI=1S/C20H16N2O2/c23-19(22-12-14-4-3-9-21-11-14)10-16-13-24-18-8-7-15-5-1-2-6-17(15)20(16)18/h1-9,11,13H,10,12H2,(H,22,23). The highest BCUT2D eigenvalue weighted by Crippen LogP contribution is 2.30. The first kappa shape index (κ1) is 14.5. The molecule has 4 rings (SSSR count). The van der Waals surface area contributed by atoms with E-state index in [1.807, 2.05) is 36.4 Å². The van der Waals surface area contributed by atoms with Gasteiger partial charge in [-0.15, -0.1) is 0 Å². The molecule has 0 saturated carbocycles. The van der Waals surface area contributed by atoms with Gasteiger partial charge in [0.25, 0.3) is 0 Å². The van der Waals surface area contributed by atoms with Crippen LogP contribution in [0.25, 0.3) is 21.7 Å². The molecule has 0 aliphatic rings. The van der Waals surface area contributed by atoms with Crippen LogP contribution in [0.1, 0.15) is 11.1 Å². The maximum atomic E-state index is 12.3. The average Bonchev–Trinajstić information content (AvgIpc) is 3.04. The van der Waals surface area contributed by atoms with Crippen LogP contribution in [0.3, 0.4) is 0 Å². The van der Waals surface area contributed by atoms with E-state index in [-0.39, 0.29) is 5.91 Å². The molecule has 0 aliphatic heterocycles. The van der Waals surface area contributed by atoms with Crippen LogP contribution < -0.4 is 5.32 Å². The summed E-state index contributed by atoms with van der Waals surface area (Å²) >= 11 is 0. The number of rotatable bonds is 4. The molecule has 24 heavy (non-hydrogen) atoms. The van der Waals surface area contributed by atoms with E-state index in [1.54, 1.807) is 18.7 Å². The smallest absolute Gasteiger partial charge is 0.224 e. The second-order valence-electron chi connectivity index (χ2n) is 5.74. The number of carbonyl (C=O) groups excluding carboxylic acids is 1. The van der Waals surface area contributed by atoms with E-state index in [9.17, 15) is 4.79 Å². The molecule has 0 bridgehead atoms. The highest BCUT2D eigenvalue weighted by atomic mass is 16.3. The van der Waals surface area contributed by atoms with Crippen molar-refractivity contribution < 1.29 is 9.21 Å². The molecule has 0 spiro atoms. The average molecular weight is 316 g/mol. The molecule has 1 N–H and O–H groups in total. The Morgan fingerprint density at radius 3 is 2.88 bits per heavy atom. The Labute approximate surface area is 139 Å². The number of carbonyl (C=O) groups is 1. The number of nitrogens with one attached hydrogen (secondary N) is 1. The molecule has 118 valence electrons. The number of hydrogen-bond acceptors (Lipinski definition) is 3. The lowest BCUT2D eigenvalue weighted by Gasteiger charge is -2.05. The topological polar surface area (TPSA) is 55.1 Å². The molecule has 2 aromatic carbocycles. The van der Waals surface area contributed by atoms with Crippen LogP contribution >= 0.6 is 0 Å². The third-order valence-electron chi connectivity index (χ3n) is 4.10. The summed E-state index contributed by atoms with van der Waals surface area (Å²) in [6.07, 6.45) is 5.44. The minimum absolute atomic E-state index is 0.0329. The number of benzene rings is 2. The first-order chi connectivity index (χ1) is 11.8. The highest BCUT2D eigenvalue weighted by Gasteiger charge is 2.13. The molecule has 2 aromatic heterocycles. The van der Waals surface area contributed by atoms with Crippen LogP contribution in [-0.4, -0.2) is 10.9 Å². The van der Waals surface area contributed by atoms with Gasteiger partial charge in [-0.1, -0.05) is 36.4 Å². The molecular formula is C20H16N2O2. The fraction of sp³-hybridized carbons (Fsp3) is 0.100. The maximum Gasteiger partial charge on any atom is 0.224 e. The summed E-state index contributed by atoms with van der Waals surface area (Å²) in [7, 11) is 0. The summed E-state index contributed by atoms with van der Waals surface area (Å²) in [4.78, 5) is 16.3. The molecule has 0 unspecified atom stereocenters. The van der Waals surface area contributed by atoms with Gasteiger partial charge in [0.15, 0.2) is 0 Å². The summed E-state index contributed by atoms with van der Waals surface area (Å²) in [5.74, 6) is -0.0329. The fourth-order valence-corrected chi connectivity index (χ4v) is 2.94. The van der Waals surface area contributed by atoms with Crippen molar-refractivity contribution in [3.63, 3.8) is 0 Å². The molecule has 4 aromatic rings. The molecule has 4 nitrogen and oxygen atoms in total. The largest absolute Gasteiger partial charge is 0.464 e. The second-order valence-corrected chi connectivity index (χ2v) is 5.74. The van der Waals surface area contributed by atoms with E-state index in [1.165, 1.54) is 0 Å². The Hall–Kier alpha value is -3.14. The van der Waals surface area contributed by atoms with Gasteiger partial charge in [-0.05, 0) is 28.5 Å². The minimum atomic E-state index is -0.0329. The van der Waals surface area contributed by atoms with Gasteiger partial charge < -0.3 is 9.73 Å². The SMILES string of the molecule is O=C(Cc1coc2ccc3ccccc3c12)NCc1cccnc1. The maximum absolute atomic E-state index is 12.3. The van der Waals surface area contributed by atoms with Gasteiger partial charge in [0.05, 0.1) is 12.7 Å². The van der Waals surface area contributed by atoms with Crippen molar-refractivity contribution >= 4 is 27.6 Å².